The van der Waals surface area contributed by atoms with Crippen LogP contribution in [0.15, 0.2) is 65.8 Å². The van der Waals surface area contributed by atoms with E-state index in [1.54, 1.807) is 0 Å². The highest BCUT2D eigenvalue weighted by atomic mass is 32.2. The summed E-state index contributed by atoms with van der Waals surface area (Å²) in [6.07, 6.45) is 0. The fourth-order valence-electron chi connectivity index (χ4n) is 3.09. The van der Waals surface area contributed by atoms with Crippen molar-refractivity contribution in [1.29, 1.82) is 0 Å². The van der Waals surface area contributed by atoms with E-state index in [1.165, 1.54) is 11.8 Å². The average Bonchev–Trinajstić information content (AvgIpc) is 3.19. The smallest absolute Gasteiger partial charge is 0.237 e. The molecule has 2 heterocycles. The Morgan fingerprint density at radius 2 is 1.69 bits per heavy atom. The van der Waals surface area contributed by atoms with E-state index in [-0.39, 0.29) is 11.2 Å². The zero-order chi connectivity index (χ0) is 20.1. The summed E-state index contributed by atoms with van der Waals surface area (Å²) in [7, 11) is 0. The third-order valence-electron chi connectivity index (χ3n) is 4.62. The van der Waals surface area contributed by atoms with Crippen LogP contribution in [0.3, 0.4) is 0 Å². The van der Waals surface area contributed by atoms with Crippen molar-refractivity contribution in [3.63, 3.8) is 0 Å². The monoisotopic (exact) mass is 409 g/mol. The molecule has 0 radical (unpaired) electrons. The molecule has 1 atom stereocenters. The van der Waals surface area contributed by atoms with Gasteiger partial charge in [-0.25, -0.2) is 0 Å². The zero-order valence-corrected chi connectivity index (χ0v) is 17.0. The number of carbonyl (C=O) groups excluding carboxylic acids is 1. The van der Waals surface area contributed by atoms with E-state index in [1.807, 2.05) is 72.2 Å². The first-order chi connectivity index (χ1) is 14.2. The maximum atomic E-state index is 12.7. The van der Waals surface area contributed by atoms with Gasteiger partial charge in [0, 0.05) is 18.8 Å². The molecular formula is C21H23N5O2S. The molecule has 0 bridgehead atoms. The molecule has 0 aliphatic carbocycles. The minimum Gasteiger partial charge on any atom is -0.378 e. The Bertz CT molecular complexity index is 942. The Kier molecular flexibility index (Phi) is 6.12. The second-order valence-electron chi connectivity index (χ2n) is 6.67. The number of thioether (sulfide) groups is 1. The lowest BCUT2D eigenvalue weighted by atomic mass is 10.3. The zero-order valence-electron chi connectivity index (χ0n) is 16.2. The SMILES string of the molecule is CC(Sc1nnc(N2CCOCC2)n1-c1ccccc1)C(=O)Nc1ccccc1. The molecule has 1 unspecified atom stereocenters. The number of ether oxygens (including phenoxy) is 1. The number of nitrogens with one attached hydrogen (secondary N) is 1. The van der Waals surface area contributed by atoms with Crippen molar-refractivity contribution in [3.8, 4) is 5.69 Å². The summed E-state index contributed by atoms with van der Waals surface area (Å²) in [4.78, 5) is 14.8. The van der Waals surface area contributed by atoms with E-state index in [2.05, 4.69) is 20.4 Å². The molecule has 1 saturated heterocycles. The number of rotatable bonds is 6. The van der Waals surface area contributed by atoms with Gasteiger partial charge >= 0.3 is 0 Å². The fraction of sp³-hybridized carbons (Fsp3) is 0.286. The van der Waals surface area contributed by atoms with E-state index in [4.69, 9.17) is 4.74 Å². The predicted molar refractivity (Wildman–Crippen MR) is 115 cm³/mol. The van der Waals surface area contributed by atoms with Gasteiger partial charge in [-0.05, 0) is 31.2 Å². The van der Waals surface area contributed by atoms with E-state index in [0.29, 0.717) is 18.4 Å². The van der Waals surface area contributed by atoms with Crippen LogP contribution in [-0.2, 0) is 9.53 Å². The van der Waals surface area contributed by atoms with Crippen molar-refractivity contribution in [1.82, 2.24) is 14.8 Å². The maximum absolute atomic E-state index is 12.7. The lowest BCUT2D eigenvalue weighted by Gasteiger charge is -2.28. The van der Waals surface area contributed by atoms with Gasteiger partial charge in [0.05, 0.1) is 24.2 Å². The first kappa shape index (κ1) is 19.5. The highest BCUT2D eigenvalue weighted by Gasteiger charge is 2.24. The van der Waals surface area contributed by atoms with Gasteiger partial charge in [0.2, 0.25) is 11.9 Å². The molecule has 1 aromatic heterocycles. The summed E-state index contributed by atoms with van der Waals surface area (Å²) in [5.41, 5.74) is 1.75. The van der Waals surface area contributed by atoms with E-state index < -0.39 is 0 Å². The molecule has 29 heavy (non-hydrogen) atoms. The topological polar surface area (TPSA) is 72.3 Å². The number of hydrogen-bond donors (Lipinski definition) is 1. The third kappa shape index (κ3) is 4.60. The third-order valence-corrected chi connectivity index (χ3v) is 5.66. The summed E-state index contributed by atoms with van der Waals surface area (Å²) < 4.78 is 7.49. The Hall–Kier alpha value is -2.84. The van der Waals surface area contributed by atoms with Gasteiger partial charge in [-0.1, -0.05) is 48.2 Å². The van der Waals surface area contributed by atoms with Crippen molar-refractivity contribution in [3.05, 3.63) is 60.7 Å². The number of morpholine rings is 1. The molecule has 2 aromatic carbocycles. The summed E-state index contributed by atoms with van der Waals surface area (Å²) >= 11 is 1.40. The second kappa shape index (κ2) is 9.11. The van der Waals surface area contributed by atoms with Gasteiger partial charge in [-0.3, -0.25) is 9.36 Å². The summed E-state index contributed by atoms with van der Waals surface area (Å²) in [5, 5.41) is 12.2. The number of carbonyl (C=O) groups is 1. The largest absolute Gasteiger partial charge is 0.378 e. The van der Waals surface area contributed by atoms with Crippen LogP contribution >= 0.6 is 11.8 Å². The number of hydrogen-bond acceptors (Lipinski definition) is 6. The number of aromatic nitrogens is 3. The lowest BCUT2D eigenvalue weighted by Crippen LogP contribution is -2.37. The van der Waals surface area contributed by atoms with Gasteiger partial charge in [0.1, 0.15) is 0 Å². The molecule has 0 spiro atoms. The van der Waals surface area contributed by atoms with Crippen LogP contribution in [0.25, 0.3) is 5.69 Å². The Morgan fingerprint density at radius 3 is 2.38 bits per heavy atom. The normalized spacial score (nSPS) is 15.1. The lowest BCUT2D eigenvalue weighted by molar-refractivity contribution is -0.115. The summed E-state index contributed by atoms with van der Waals surface area (Å²) in [6.45, 7) is 4.74. The molecule has 4 rings (SSSR count). The quantitative estimate of drug-likeness (QED) is 0.631. The van der Waals surface area contributed by atoms with Gasteiger partial charge in [0.25, 0.3) is 0 Å². The standard InChI is InChI=1S/C21H23N5O2S/c1-16(19(27)22-17-8-4-2-5-9-17)29-21-24-23-20(25-12-14-28-15-13-25)26(21)18-10-6-3-7-11-18/h2-11,16H,12-15H2,1H3,(H,22,27). The first-order valence-corrected chi connectivity index (χ1v) is 10.5. The van der Waals surface area contributed by atoms with Crippen molar-refractivity contribution < 1.29 is 9.53 Å². The van der Waals surface area contributed by atoms with Gasteiger partial charge < -0.3 is 15.0 Å². The van der Waals surface area contributed by atoms with E-state index >= 15 is 0 Å². The molecule has 3 aromatic rings. The molecule has 1 fully saturated rings. The van der Waals surface area contributed by atoms with Gasteiger partial charge in [-0.2, -0.15) is 0 Å². The average molecular weight is 410 g/mol. The number of nitrogens with zero attached hydrogens (tertiary/aromatic N) is 4. The maximum Gasteiger partial charge on any atom is 0.237 e. The first-order valence-electron chi connectivity index (χ1n) is 9.58. The van der Waals surface area contributed by atoms with Crippen molar-refractivity contribution in [2.45, 2.75) is 17.3 Å². The van der Waals surface area contributed by atoms with Crippen LogP contribution in [0, 0.1) is 0 Å². The number of anilines is 2. The van der Waals surface area contributed by atoms with Crippen LogP contribution in [0.2, 0.25) is 0 Å². The van der Waals surface area contributed by atoms with Gasteiger partial charge in [0.15, 0.2) is 5.16 Å². The molecule has 0 saturated carbocycles. The molecule has 1 amide bonds. The van der Waals surface area contributed by atoms with Crippen LogP contribution in [0.1, 0.15) is 6.92 Å². The molecule has 1 aliphatic heterocycles. The fourth-order valence-corrected chi connectivity index (χ4v) is 3.95. The minimum atomic E-state index is -0.334. The molecule has 8 heteroatoms. The Balaban J connectivity index is 1.58. The summed E-state index contributed by atoms with van der Waals surface area (Å²) in [5.74, 6) is 0.703. The Labute approximate surface area is 174 Å². The minimum absolute atomic E-state index is 0.0725. The Morgan fingerprint density at radius 1 is 1.03 bits per heavy atom. The van der Waals surface area contributed by atoms with Gasteiger partial charge in [-0.15, -0.1) is 10.2 Å². The van der Waals surface area contributed by atoms with Crippen molar-refractivity contribution in [2.24, 2.45) is 0 Å². The van der Waals surface area contributed by atoms with Crippen LogP contribution in [-0.4, -0.2) is 52.2 Å². The number of benzene rings is 2. The molecule has 7 nitrogen and oxygen atoms in total. The van der Waals surface area contributed by atoms with Crippen LogP contribution < -0.4 is 10.2 Å². The van der Waals surface area contributed by atoms with Crippen LogP contribution in [0.5, 0.6) is 0 Å². The highest BCUT2D eigenvalue weighted by Crippen LogP contribution is 2.30. The molecule has 1 aliphatic rings. The number of amides is 1. The summed E-state index contributed by atoms with van der Waals surface area (Å²) in [6, 6.07) is 19.4. The predicted octanol–water partition coefficient (Wildman–Crippen LogP) is 3.22. The molecule has 150 valence electrons. The molecular weight excluding hydrogens is 386 g/mol. The second-order valence-corrected chi connectivity index (χ2v) is 7.98. The highest BCUT2D eigenvalue weighted by molar-refractivity contribution is 8.00. The van der Waals surface area contributed by atoms with Crippen molar-refractivity contribution in [2.75, 3.05) is 36.5 Å². The molecule has 1 N–H and O–H groups in total. The van der Waals surface area contributed by atoms with Crippen molar-refractivity contribution >= 4 is 29.3 Å². The van der Waals surface area contributed by atoms with E-state index in [9.17, 15) is 4.79 Å². The number of para-hydroxylation sites is 2. The van der Waals surface area contributed by atoms with Crippen LogP contribution in [0.4, 0.5) is 11.6 Å². The van der Waals surface area contributed by atoms with E-state index in [0.717, 1.165) is 30.4 Å².